The minimum Gasteiger partial charge on any atom is -0.387 e. The second kappa shape index (κ2) is 3.78. The van der Waals surface area contributed by atoms with Gasteiger partial charge in [0.2, 0.25) is 0 Å². The number of amidine groups is 1. The van der Waals surface area contributed by atoms with Crippen molar-refractivity contribution < 1.29 is 0 Å². The Morgan fingerprint density at radius 2 is 2.20 bits per heavy atom. The van der Waals surface area contributed by atoms with E-state index >= 15 is 0 Å². The fourth-order valence-corrected chi connectivity index (χ4v) is 2.86. The van der Waals surface area contributed by atoms with Gasteiger partial charge in [-0.1, -0.05) is 13.8 Å². The third kappa shape index (κ3) is 2.17. The topological polar surface area (TPSA) is 53.1 Å². The molecule has 0 aromatic carbocycles. The highest BCUT2D eigenvalue weighted by molar-refractivity contribution is 5.82. The second-order valence-corrected chi connectivity index (χ2v) is 5.88. The van der Waals surface area contributed by atoms with Crippen LogP contribution in [-0.4, -0.2) is 29.9 Å². The van der Waals surface area contributed by atoms with Gasteiger partial charge >= 0.3 is 0 Å². The Bertz CT molecular complexity index is 260. The van der Waals surface area contributed by atoms with Crippen LogP contribution in [0, 0.1) is 16.7 Å². The lowest BCUT2D eigenvalue weighted by atomic mass is 9.87. The average molecular weight is 209 g/mol. The van der Waals surface area contributed by atoms with Gasteiger partial charge in [0.05, 0.1) is 5.84 Å². The van der Waals surface area contributed by atoms with Gasteiger partial charge in [-0.3, -0.25) is 5.41 Å². The average Bonchev–Trinajstić information content (AvgIpc) is 2.75. The maximum Gasteiger partial charge on any atom is 0.0963 e. The van der Waals surface area contributed by atoms with Crippen LogP contribution < -0.4 is 5.73 Å². The van der Waals surface area contributed by atoms with E-state index in [1.165, 1.54) is 25.8 Å². The summed E-state index contributed by atoms with van der Waals surface area (Å²) in [5.74, 6) is 1.29. The van der Waals surface area contributed by atoms with Gasteiger partial charge in [0.15, 0.2) is 0 Å². The summed E-state index contributed by atoms with van der Waals surface area (Å²) in [6.45, 7) is 6.56. The molecule has 2 fully saturated rings. The van der Waals surface area contributed by atoms with Crippen molar-refractivity contribution in [3.8, 4) is 0 Å². The molecule has 2 rings (SSSR count). The van der Waals surface area contributed by atoms with Gasteiger partial charge in [0.25, 0.3) is 0 Å². The third-order valence-electron chi connectivity index (χ3n) is 4.28. The Labute approximate surface area is 92.5 Å². The zero-order valence-electron chi connectivity index (χ0n) is 9.92. The molecule has 0 amide bonds. The first kappa shape index (κ1) is 10.9. The van der Waals surface area contributed by atoms with E-state index in [0.717, 1.165) is 24.9 Å². The van der Waals surface area contributed by atoms with Crippen molar-refractivity contribution in [2.24, 2.45) is 17.1 Å². The molecule has 3 heteroatoms. The maximum atomic E-state index is 7.53. The van der Waals surface area contributed by atoms with Crippen LogP contribution in [0.5, 0.6) is 0 Å². The smallest absolute Gasteiger partial charge is 0.0963 e. The van der Waals surface area contributed by atoms with Crippen LogP contribution in [0.25, 0.3) is 0 Å². The van der Waals surface area contributed by atoms with Gasteiger partial charge in [-0.15, -0.1) is 0 Å². The van der Waals surface area contributed by atoms with E-state index in [9.17, 15) is 0 Å². The first-order valence-electron chi connectivity index (χ1n) is 6.07. The maximum absolute atomic E-state index is 7.53. The van der Waals surface area contributed by atoms with Crippen molar-refractivity contribution in [3.63, 3.8) is 0 Å². The summed E-state index contributed by atoms with van der Waals surface area (Å²) in [6.07, 6.45) is 5.27. The molecule has 1 heterocycles. The normalized spacial score (nSPS) is 31.1. The van der Waals surface area contributed by atoms with Crippen molar-refractivity contribution in [2.75, 3.05) is 13.1 Å². The molecule has 1 saturated carbocycles. The molecule has 86 valence electrons. The van der Waals surface area contributed by atoms with Crippen LogP contribution in [0.15, 0.2) is 0 Å². The van der Waals surface area contributed by atoms with E-state index in [4.69, 9.17) is 11.1 Å². The molecule has 2 unspecified atom stereocenters. The van der Waals surface area contributed by atoms with Crippen LogP contribution in [0.1, 0.15) is 39.5 Å². The van der Waals surface area contributed by atoms with Crippen molar-refractivity contribution in [2.45, 2.75) is 45.6 Å². The largest absolute Gasteiger partial charge is 0.387 e. The van der Waals surface area contributed by atoms with Crippen LogP contribution in [0.3, 0.4) is 0 Å². The number of likely N-dealkylation sites (tertiary alicyclic amines) is 1. The van der Waals surface area contributed by atoms with Crippen molar-refractivity contribution in [3.05, 3.63) is 0 Å². The lowest BCUT2D eigenvalue weighted by Crippen LogP contribution is -2.38. The molecule has 0 radical (unpaired) electrons. The summed E-state index contributed by atoms with van der Waals surface area (Å²) in [5.41, 5.74) is 5.47. The van der Waals surface area contributed by atoms with Crippen LogP contribution in [-0.2, 0) is 0 Å². The highest BCUT2D eigenvalue weighted by Gasteiger charge is 2.38. The van der Waals surface area contributed by atoms with Crippen LogP contribution in [0.2, 0.25) is 0 Å². The van der Waals surface area contributed by atoms with E-state index in [1.54, 1.807) is 0 Å². The Hall–Kier alpha value is -0.570. The molecule has 2 aliphatic rings. The summed E-state index contributed by atoms with van der Waals surface area (Å²) in [7, 11) is 0. The zero-order valence-corrected chi connectivity index (χ0v) is 9.92. The van der Waals surface area contributed by atoms with Gasteiger partial charge in [-0.25, -0.2) is 0 Å². The van der Waals surface area contributed by atoms with E-state index < -0.39 is 0 Å². The zero-order chi connectivity index (χ0) is 11.1. The minimum atomic E-state index is -0.123. The number of hydrogen-bond acceptors (Lipinski definition) is 2. The molecule has 3 N–H and O–H groups in total. The van der Waals surface area contributed by atoms with E-state index in [1.807, 2.05) is 0 Å². The molecule has 0 aromatic heterocycles. The number of piperidine rings is 1. The highest BCUT2D eigenvalue weighted by Crippen LogP contribution is 2.38. The van der Waals surface area contributed by atoms with Crippen molar-refractivity contribution in [1.29, 1.82) is 5.41 Å². The number of rotatable bonds is 4. The first-order valence-corrected chi connectivity index (χ1v) is 6.07. The predicted molar refractivity (Wildman–Crippen MR) is 63.0 cm³/mol. The van der Waals surface area contributed by atoms with Crippen LogP contribution >= 0.6 is 0 Å². The molecular weight excluding hydrogens is 186 g/mol. The summed E-state index contributed by atoms with van der Waals surface area (Å²) in [5, 5.41) is 7.53. The lowest BCUT2D eigenvalue weighted by Gasteiger charge is -2.31. The molecule has 1 aliphatic carbocycles. The van der Waals surface area contributed by atoms with Gasteiger partial charge in [0.1, 0.15) is 0 Å². The van der Waals surface area contributed by atoms with Gasteiger partial charge in [-0.05, 0) is 38.1 Å². The molecule has 1 saturated heterocycles. The number of nitrogens with two attached hydrogens (primary N) is 1. The van der Waals surface area contributed by atoms with Gasteiger partial charge in [0, 0.05) is 18.0 Å². The Balaban J connectivity index is 1.81. The monoisotopic (exact) mass is 209 g/mol. The summed E-state index contributed by atoms with van der Waals surface area (Å²) in [4.78, 5) is 2.61. The fourth-order valence-electron chi connectivity index (χ4n) is 2.86. The summed E-state index contributed by atoms with van der Waals surface area (Å²) in [6, 6.07) is 0.845. The van der Waals surface area contributed by atoms with Crippen molar-refractivity contribution in [1.82, 2.24) is 4.90 Å². The molecule has 0 aromatic rings. The molecule has 0 spiro atoms. The number of nitrogens with zero attached hydrogens (tertiary/aromatic N) is 1. The van der Waals surface area contributed by atoms with Gasteiger partial charge in [-0.2, -0.15) is 0 Å². The third-order valence-corrected chi connectivity index (χ3v) is 4.28. The Kier molecular flexibility index (Phi) is 2.75. The molecule has 1 aliphatic heterocycles. The summed E-state index contributed by atoms with van der Waals surface area (Å²) < 4.78 is 0. The van der Waals surface area contributed by atoms with E-state index in [0.29, 0.717) is 5.84 Å². The molecule has 3 nitrogen and oxygen atoms in total. The quantitative estimate of drug-likeness (QED) is 0.548. The van der Waals surface area contributed by atoms with Crippen molar-refractivity contribution >= 4 is 5.84 Å². The lowest BCUT2D eigenvalue weighted by molar-refractivity contribution is 0.194. The number of hydrogen-bond donors (Lipinski definition) is 2. The standard InChI is InChI=1S/C12H23N3/c1-12(2,11(13)14)5-6-15-8-9-3-4-10(15)7-9/h9-10H,3-8H2,1-2H3,(H3,13,14). The molecule has 15 heavy (non-hydrogen) atoms. The molecular formula is C12H23N3. The Morgan fingerprint density at radius 1 is 1.47 bits per heavy atom. The number of fused-ring (bicyclic) bond motifs is 2. The highest BCUT2D eigenvalue weighted by atomic mass is 15.2. The van der Waals surface area contributed by atoms with E-state index in [2.05, 4.69) is 18.7 Å². The van der Waals surface area contributed by atoms with Crippen LogP contribution in [0.4, 0.5) is 0 Å². The summed E-state index contributed by atoms with van der Waals surface area (Å²) >= 11 is 0. The predicted octanol–water partition coefficient (Wildman–Crippen LogP) is 1.82. The SMILES string of the molecule is CC(C)(CCN1CC2CCC1C2)C(=N)N. The van der Waals surface area contributed by atoms with E-state index in [-0.39, 0.29) is 5.41 Å². The minimum absolute atomic E-state index is 0.123. The molecule has 2 bridgehead atoms. The van der Waals surface area contributed by atoms with Gasteiger partial charge < -0.3 is 10.6 Å². The Morgan fingerprint density at radius 3 is 2.67 bits per heavy atom. The fraction of sp³-hybridized carbons (Fsp3) is 0.917. The first-order chi connectivity index (χ1) is 6.99. The second-order valence-electron chi connectivity index (χ2n) is 5.88. The number of nitrogens with one attached hydrogen (secondary N) is 1. The molecule has 2 atom stereocenters.